The highest BCUT2D eigenvalue weighted by Gasteiger charge is 2.11. The molecule has 0 aliphatic carbocycles. The number of aromatic nitrogens is 2. The number of hydrogen-bond donors (Lipinski definition) is 1. The normalized spacial score (nSPS) is 10.6. The lowest BCUT2D eigenvalue weighted by molar-refractivity contribution is -0.121. The van der Waals surface area contributed by atoms with Crippen molar-refractivity contribution < 1.29 is 9.18 Å². The van der Waals surface area contributed by atoms with Gasteiger partial charge in [-0.15, -0.1) is 0 Å². The van der Waals surface area contributed by atoms with Gasteiger partial charge in [0.05, 0.1) is 6.54 Å². The predicted octanol–water partition coefficient (Wildman–Crippen LogP) is 1.51. The van der Waals surface area contributed by atoms with Crippen molar-refractivity contribution in [3.05, 3.63) is 105 Å². The van der Waals surface area contributed by atoms with Gasteiger partial charge in [0.15, 0.2) is 0 Å². The first-order chi connectivity index (χ1) is 13.0. The molecule has 27 heavy (non-hydrogen) atoms. The van der Waals surface area contributed by atoms with Crippen LogP contribution in [0.2, 0.25) is 0 Å². The third kappa shape index (κ3) is 4.58. The third-order valence-electron chi connectivity index (χ3n) is 4.07. The number of carbonyl (C=O) groups excluding carboxylic acids is 1. The molecule has 1 N–H and O–H groups in total. The third-order valence-corrected chi connectivity index (χ3v) is 4.07. The van der Waals surface area contributed by atoms with E-state index in [0.717, 1.165) is 10.1 Å². The molecule has 6 nitrogen and oxygen atoms in total. The lowest BCUT2D eigenvalue weighted by Gasteiger charge is -2.11. The minimum absolute atomic E-state index is 0.0225. The number of rotatable bonds is 6. The van der Waals surface area contributed by atoms with Crippen LogP contribution >= 0.6 is 0 Å². The second-order valence-corrected chi connectivity index (χ2v) is 6.00. The van der Waals surface area contributed by atoms with Crippen LogP contribution in [0.3, 0.4) is 0 Å². The summed E-state index contributed by atoms with van der Waals surface area (Å²) in [6.07, 6.45) is 1.41. The largest absolute Gasteiger partial charge is 0.350 e. The SMILES string of the molecule is O=C(Cn1c(=O)ccn(Cc2ccccc2)c1=O)NCc1ccccc1F. The van der Waals surface area contributed by atoms with Crippen molar-refractivity contribution >= 4 is 5.91 Å². The van der Waals surface area contributed by atoms with Crippen LogP contribution in [0.4, 0.5) is 4.39 Å². The maximum Gasteiger partial charge on any atom is 0.331 e. The first-order valence-corrected chi connectivity index (χ1v) is 8.39. The van der Waals surface area contributed by atoms with E-state index in [1.165, 1.54) is 22.9 Å². The molecule has 0 radical (unpaired) electrons. The Morgan fingerprint density at radius 2 is 1.67 bits per heavy atom. The lowest BCUT2D eigenvalue weighted by Crippen LogP contribution is -2.43. The zero-order valence-electron chi connectivity index (χ0n) is 14.5. The molecule has 3 aromatic rings. The minimum atomic E-state index is -0.576. The Hall–Kier alpha value is -3.48. The molecular weight excluding hydrogens is 349 g/mol. The fourth-order valence-electron chi connectivity index (χ4n) is 2.64. The topological polar surface area (TPSA) is 73.1 Å². The molecule has 0 bridgehead atoms. The summed E-state index contributed by atoms with van der Waals surface area (Å²) in [5, 5.41) is 2.53. The summed E-state index contributed by atoms with van der Waals surface area (Å²) in [5.74, 6) is -0.977. The molecular formula is C20H18FN3O3. The van der Waals surface area contributed by atoms with E-state index in [4.69, 9.17) is 0 Å². The van der Waals surface area contributed by atoms with Crippen molar-refractivity contribution in [2.24, 2.45) is 0 Å². The molecule has 0 atom stereocenters. The van der Waals surface area contributed by atoms with Gasteiger partial charge < -0.3 is 5.32 Å². The molecule has 138 valence electrons. The molecule has 1 amide bonds. The van der Waals surface area contributed by atoms with Crippen molar-refractivity contribution in [3.8, 4) is 0 Å². The van der Waals surface area contributed by atoms with Gasteiger partial charge in [0.2, 0.25) is 5.91 Å². The standard InChI is InChI=1S/C20H18FN3O3/c21-17-9-5-4-8-16(17)12-22-18(25)14-24-19(26)10-11-23(20(24)27)13-15-6-2-1-3-7-15/h1-11H,12-14H2,(H,22,25). The molecule has 0 spiro atoms. The molecule has 0 fully saturated rings. The van der Waals surface area contributed by atoms with E-state index in [-0.39, 0.29) is 13.1 Å². The first-order valence-electron chi connectivity index (χ1n) is 8.39. The van der Waals surface area contributed by atoms with Gasteiger partial charge in [0.1, 0.15) is 12.4 Å². The molecule has 3 rings (SSSR count). The fourth-order valence-corrected chi connectivity index (χ4v) is 2.64. The van der Waals surface area contributed by atoms with Gasteiger partial charge in [-0.3, -0.25) is 18.7 Å². The Morgan fingerprint density at radius 3 is 2.41 bits per heavy atom. The van der Waals surface area contributed by atoms with Crippen LogP contribution in [0.15, 0.2) is 76.4 Å². The minimum Gasteiger partial charge on any atom is -0.350 e. The first kappa shape index (κ1) is 18.3. The molecule has 0 unspecified atom stereocenters. The summed E-state index contributed by atoms with van der Waals surface area (Å²) in [4.78, 5) is 36.7. The molecule has 0 saturated heterocycles. The highest BCUT2D eigenvalue weighted by Crippen LogP contribution is 2.05. The van der Waals surface area contributed by atoms with E-state index in [1.807, 2.05) is 30.3 Å². The summed E-state index contributed by atoms with van der Waals surface area (Å²) in [6, 6.07) is 16.6. The summed E-state index contributed by atoms with van der Waals surface area (Å²) in [5.41, 5.74) is 0.0827. The van der Waals surface area contributed by atoms with Crippen LogP contribution in [0.5, 0.6) is 0 Å². The van der Waals surface area contributed by atoms with Gasteiger partial charge >= 0.3 is 5.69 Å². The van der Waals surface area contributed by atoms with Crippen molar-refractivity contribution in [1.29, 1.82) is 0 Å². The van der Waals surface area contributed by atoms with Gasteiger partial charge in [0, 0.05) is 24.4 Å². The van der Waals surface area contributed by atoms with Crippen molar-refractivity contribution in [3.63, 3.8) is 0 Å². The molecule has 2 aromatic carbocycles. The fraction of sp³-hybridized carbons (Fsp3) is 0.150. The van der Waals surface area contributed by atoms with E-state index in [1.54, 1.807) is 18.2 Å². The lowest BCUT2D eigenvalue weighted by atomic mass is 10.2. The van der Waals surface area contributed by atoms with Gasteiger partial charge in [-0.2, -0.15) is 0 Å². The highest BCUT2D eigenvalue weighted by atomic mass is 19.1. The van der Waals surface area contributed by atoms with Gasteiger partial charge in [0.25, 0.3) is 5.56 Å². The van der Waals surface area contributed by atoms with Crippen LogP contribution in [-0.4, -0.2) is 15.0 Å². The number of nitrogens with one attached hydrogen (secondary N) is 1. The van der Waals surface area contributed by atoms with Crippen molar-refractivity contribution in [1.82, 2.24) is 14.5 Å². The van der Waals surface area contributed by atoms with E-state index >= 15 is 0 Å². The number of amides is 1. The monoisotopic (exact) mass is 367 g/mol. The zero-order valence-corrected chi connectivity index (χ0v) is 14.5. The van der Waals surface area contributed by atoms with Crippen LogP contribution < -0.4 is 16.6 Å². The molecule has 1 aromatic heterocycles. The Morgan fingerprint density at radius 1 is 0.963 bits per heavy atom. The number of halogens is 1. The van der Waals surface area contributed by atoms with Crippen molar-refractivity contribution in [2.45, 2.75) is 19.6 Å². The maximum absolute atomic E-state index is 13.6. The Bertz CT molecular complexity index is 1060. The highest BCUT2D eigenvalue weighted by molar-refractivity contribution is 5.75. The molecule has 0 saturated carbocycles. The second-order valence-electron chi connectivity index (χ2n) is 6.00. The van der Waals surface area contributed by atoms with Crippen molar-refractivity contribution in [2.75, 3.05) is 0 Å². The van der Waals surface area contributed by atoms with E-state index in [9.17, 15) is 18.8 Å². The van der Waals surface area contributed by atoms with E-state index in [2.05, 4.69) is 5.32 Å². The summed E-state index contributed by atoms with van der Waals surface area (Å²) < 4.78 is 15.8. The average molecular weight is 367 g/mol. The molecule has 1 heterocycles. The van der Waals surface area contributed by atoms with E-state index < -0.39 is 29.5 Å². The van der Waals surface area contributed by atoms with Gasteiger partial charge in [-0.05, 0) is 11.6 Å². The Labute approximate surface area is 154 Å². The molecule has 0 aliphatic heterocycles. The predicted molar refractivity (Wildman–Crippen MR) is 98.8 cm³/mol. The van der Waals surface area contributed by atoms with Crippen LogP contribution in [0.1, 0.15) is 11.1 Å². The zero-order chi connectivity index (χ0) is 19.2. The van der Waals surface area contributed by atoms with Gasteiger partial charge in [-0.25, -0.2) is 9.18 Å². The number of carbonyl (C=O) groups is 1. The number of benzene rings is 2. The summed E-state index contributed by atoms with van der Waals surface area (Å²) in [7, 11) is 0. The summed E-state index contributed by atoms with van der Waals surface area (Å²) in [6.45, 7) is -0.163. The Balaban J connectivity index is 1.73. The number of nitrogens with zero attached hydrogens (tertiary/aromatic N) is 2. The second kappa shape index (κ2) is 8.27. The number of hydrogen-bond acceptors (Lipinski definition) is 3. The molecule has 0 aliphatic rings. The smallest absolute Gasteiger partial charge is 0.331 e. The van der Waals surface area contributed by atoms with Crippen LogP contribution in [-0.2, 0) is 24.4 Å². The maximum atomic E-state index is 13.6. The average Bonchev–Trinajstić information content (AvgIpc) is 2.67. The van der Waals surface area contributed by atoms with Crippen LogP contribution in [0.25, 0.3) is 0 Å². The van der Waals surface area contributed by atoms with E-state index in [0.29, 0.717) is 5.56 Å². The Kier molecular flexibility index (Phi) is 5.61. The van der Waals surface area contributed by atoms with Crippen LogP contribution in [0, 0.1) is 5.82 Å². The summed E-state index contributed by atoms with van der Waals surface area (Å²) >= 11 is 0. The quantitative estimate of drug-likeness (QED) is 0.718. The molecule has 7 heteroatoms. The van der Waals surface area contributed by atoms with Gasteiger partial charge in [-0.1, -0.05) is 48.5 Å².